The summed E-state index contributed by atoms with van der Waals surface area (Å²) in [4.78, 5) is 17.7. The van der Waals surface area contributed by atoms with Crippen LogP contribution >= 0.6 is 0 Å². The summed E-state index contributed by atoms with van der Waals surface area (Å²) in [6.45, 7) is 0. The molecule has 2 aliphatic rings. The van der Waals surface area contributed by atoms with Gasteiger partial charge in [0.15, 0.2) is 11.5 Å². The third kappa shape index (κ3) is 3.87. The van der Waals surface area contributed by atoms with Crippen LogP contribution in [0.4, 0.5) is 13.2 Å². The van der Waals surface area contributed by atoms with Crippen LogP contribution in [0.5, 0.6) is 5.75 Å². The molecular formula is C26H19F3N4O2. The molecule has 35 heavy (non-hydrogen) atoms. The predicted octanol–water partition coefficient (Wildman–Crippen LogP) is 4.57. The number of alkyl halides is 3. The van der Waals surface area contributed by atoms with Crippen LogP contribution in [-0.4, -0.2) is 18.0 Å². The molecule has 3 aromatic carbocycles. The minimum atomic E-state index is -4.60. The van der Waals surface area contributed by atoms with E-state index in [1.54, 1.807) is 72.8 Å². The number of fused-ring (bicyclic) bond motifs is 2. The third-order valence-corrected chi connectivity index (χ3v) is 6.34. The number of hydrogen-bond acceptors (Lipinski definition) is 5. The van der Waals surface area contributed by atoms with Gasteiger partial charge >= 0.3 is 6.18 Å². The molecule has 1 spiro atoms. The average Bonchev–Trinajstić information content (AvgIpc) is 3.14. The van der Waals surface area contributed by atoms with E-state index in [0.29, 0.717) is 22.3 Å². The lowest BCUT2D eigenvalue weighted by Crippen LogP contribution is -2.50. The van der Waals surface area contributed by atoms with E-state index in [4.69, 9.17) is 10.5 Å². The molecule has 1 unspecified atom stereocenters. The molecule has 3 aromatic rings. The fourth-order valence-corrected chi connectivity index (χ4v) is 4.88. The molecule has 5 rings (SSSR count). The second kappa shape index (κ2) is 8.17. The lowest BCUT2D eigenvalue weighted by atomic mass is 9.69. The number of rotatable bonds is 3. The number of halogens is 3. The Labute approximate surface area is 198 Å². The number of aliphatic imine (C=N–C) groups is 1. The van der Waals surface area contributed by atoms with E-state index in [9.17, 15) is 23.2 Å². The van der Waals surface area contributed by atoms with E-state index in [0.717, 1.165) is 0 Å². The number of nitrogens with zero attached hydrogens (tertiary/aromatic N) is 2. The standard InChI is InChI=1S/C26H19F3N4O2/c27-25(28,29)13-20-22(16-6-2-1-3-7-16)35-21-10-9-18(17-8-4-5-15(11-17)14-30)12-19(21)26(20)23(34)32-24(31)33-26/h1-12,20,22H,13H2,(H3,31,32,33,34)/t20?,22-,26-/m0/s1. The van der Waals surface area contributed by atoms with Crippen molar-refractivity contribution in [3.63, 3.8) is 0 Å². The van der Waals surface area contributed by atoms with Gasteiger partial charge in [0, 0.05) is 11.5 Å². The first-order chi connectivity index (χ1) is 16.7. The van der Waals surface area contributed by atoms with E-state index in [1.165, 1.54) is 0 Å². The Morgan fingerprint density at radius 3 is 2.46 bits per heavy atom. The monoisotopic (exact) mass is 476 g/mol. The highest BCUT2D eigenvalue weighted by molar-refractivity contribution is 6.08. The topological polar surface area (TPSA) is 101 Å². The summed E-state index contributed by atoms with van der Waals surface area (Å²) in [5.74, 6) is -2.17. The molecule has 9 heteroatoms. The summed E-state index contributed by atoms with van der Waals surface area (Å²) in [5.41, 5.74) is 6.26. The largest absolute Gasteiger partial charge is 0.485 e. The molecule has 0 radical (unpaired) electrons. The summed E-state index contributed by atoms with van der Waals surface area (Å²) >= 11 is 0. The van der Waals surface area contributed by atoms with E-state index in [-0.39, 0.29) is 17.3 Å². The fraction of sp³-hybridized carbons (Fsp3) is 0.192. The molecule has 6 nitrogen and oxygen atoms in total. The van der Waals surface area contributed by atoms with Crippen molar-refractivity contribution in [1.82, 2.24) is 5.32 Å². The number of nitriles is 1. The normalized spacial score (nSPS) is 23.1. The Morgan fingerprint density at radius 2 is 1.80 bits per heavy atom. The third-order valence-electron chi connectivity index (χ3n) is 6.34. The van der Waals surface area contributed by atoms with Crippen molar-refractivity contribution in [3.8, 4) is 22.9 Å². The summed E-state index contributed by atoms with van der Waals surface area (Å²) in [6, 6.07) is 22.2. The van der Waals surface area contributed by atoms with Gasteiger partial charge in [-0.3, -0.25) is 10.1 Å². The molecule has 3 N–H and O–H groups in total. The zero-order valence-corrected chi connectivity index (χ0v) is 18.2. The summed E-state index contributed by atoms with van der Waals surface area (Å²) in [6.07, 6.45) is -7.01. The maximum Gasteiger partial charge on any atom is 0.389 e. The highest BCUT2D eigenvalue weighted by Crippen LogP contribution is 2.55. The van der Waals surface area contributed by atoms with Gasteiger partial charge in [0.25, 0.3) is 5.91 Å². The van der Waals surface area contributed by atoms with Crippen LogP contribution in [0.3, 0.4) is 0 Å². The Kier molecular flexibility index (Phi) is 5.24. The second-order valence-electron chi connectivity index (χ2n) is 8.50. The Balaban J connectivity index is 1.75. The van der Waals surface area contributed by atoms with Gasteiger partial charge < -0.3 is 10.5 Å². The van der Waals surface area contributed by atoms with Crippen LogP contribution in [-0.2, 0) is 10.3 Å². The number of hydrogen-bond donors (Lipinski definition) is 2. The zero-order valence-electron chi connectivity index (χ0n) is 18.2. The number of guanidine groups is 1. The molecule has 0 bridgehead atoms. The van der Waals surface area contributed by atoms with Gasteiger partial charge in [0.05, 0.1) is 18.1 Å². The summed E-state index contributed by atoms with van der Waals surface area (Å²) < 4.78 is 47.8. The number of nitrogens with one attached hydrogen (secondary N) is 1. The number of benzene rings is 3. The van der Waals surface area contributed by atoms with Crippen LogP contribution in [0.15, 0.2) is 77.8 Å². The molecule has 1 amide bonds. The Bertz CT molecular complexity index is 1380. The van der Waals surface area contributed by atoms with Crippen LogP contribution in [0.25, 0.3) is 11.1 Å². The van der Waals surface area contributed by atoms with E-state index in [1.807, 2.05) is 0 Å². The molecule has 0 saturated heterocycles. The second-order valence-corrected chi connectivity index (χ2v) is 8.50. The van der Waals surface area contributed by atoms with Crippen LogP contribution < -0.4 is 15.8 Å². The van der Waals surface area contributed by atoms with Gasteiger partial charge in [0.2, 0.25) is 0 Å². The summed E-state index contributed by atoms with van der Waals surface area (Å²) in [7, 11) is 0. The molecule has 2 aliphatic heterocycles. The van der Waals surface area contributed by atoms with E-state index in [2.05, 4.69) is 16.4 Å². The fourth-order valence-electron chi connectivity index (χ4n) is 4.88. The van der Waals surface area contributed by atoms with Crippen molar-refractivity contribution in [2.24, 2.45) is 16.6 Å². The zero-order chi connectivity index (χ0) is 24.8. The number of amides is 1. The van der Waals surface area contributed by atoms with Gasteiger partial charge in [-0.25, -0.2) is 4.99 Å². The van der Waals surface area contributed by atoms with Crippen molar-refractivity contribution in [3.05, 3.63) is 89.5 Å². The van der Waals surface area contributed by atoms with Crippen molar-refractivity contribution in [2.45, 2.75) is 24.2 Å². The first-order valence-electron chi connectivity index (χ1n) is 10.8. The van der Waals surface area contributed by atoms with Gasteiger partial charge in [-0.05, 0) is 41.0 Å². The lowest BCUT2D eigenvalue weighted by Gasteiger charge is -2.44. The van der Waals surface area contributed by atoms with Crippen molar-refractivity contribution in [1.29, 1.82) is 5.26 Å². The SMILES string of the molecule is N#Cc1cccc(-c2ccc3c(c2)[C@]2(N=C(N)NC2=O)C(CC(F)(F)F)[C@H](c2ccccc2)O3)c1. The van der Waals surface area contributed by atoms with Gasteiger partial charge in [-0.15, -0.1) is 0 Å². The Hall–Kier alpha value is -4.32. The minimum Gasteiger partial charge on any atom is -0.485 e. The molecule has 0 saturated carbocycles. The first kappa shape index (κ1) is 22.5. The maximum atomic E-state index is 13.9. The van der Waals surface area contributed by atoms with Gasteiger partial charge in [-0.1, -0.05) is 48.5 Å². The lowest BCUT2D eigenvalue weighted by molar-refractivity contribution is -0.165. The molecule has 0 fully saturated rings. The molecule has 0 aliphatic carbocycles. The molecule has 0 aromatic heterocycles. The summed E-state index contributed by atoms with van der Waals surface area (Å²) in [5, 5.41) is 11.7. The van der Waals surface area contributed by atoms with Crippen LogP contribution in [0.2, 0.25) is 0 Å². The molecular weight excluding hydrogens is 457 g/mol. The minimum absolute atomic E-state index is 0.191. The van der Waals surface area contributed by atoms with Gasteiger partial charge in [0.1, 0.15) is 11.9 Å². The van der Waals surface area contributed by atoms with Crippen molar-refractivity contribution < 1.29 is 22.7 Å². The van der Waals surface area contributed by atoms with E-state index < -0.39 is 36.1 Å². The van der Waals surface area contributed by atoms with Gasteiger partial charge in [-0.2, -0.15) is 18.4 Å². The number of nitrogens with two attached hydrogens (primary N) is 1. The molecule has 2 heterocycles. The number of ether oxygens (including phenoxy) is 1. The number of carbonyl (C=O) groups is 1. The highest BCUT2D eigenvalue weighted by atomic mass is 19.4. The molecule has 176 valence electrons. The molecule has 3 atom stereocenters. The smallest absolute Gasteiger partial charge is 0.389 e. The first-order valence-corrected chi connectivity index (χ1v) is 10.8. The Morgan fingerprint density at radius 1 is 1.06 bits per heavy atom. The maximum absolute atomic E-state index is 13.9. The van der Waals surface area contributed by atoms with Crippen molar-refractivity contribution >= 4 is 11.9 Å². The predicted molar refractivity (Wildman–Crippen MR) is 122 cm³/mol. The highest BCUT2D eigenvalue weighted by Gasteiger charge is 2.61. The van der Waals surface area contributed by atoms with Crippen LogP contribution in [0, 0.1) is 17.2 Å². The average molecular weight is 476 g/mol. The van der Waals surface area contributed by atoms with E-state index >= 15 is 0 Å². The van der Waals surface area contributed by atoms with Crippen molar-refractivity contribution in [2.75, 3.05) is 0 Å². The number of carbonyl (C=O) groups excluding carboxylic acids is 1. The van der Waals surface area contributed by atoms with Crippen LogP contribution in [0.1, 0.15) is 29.2 Å². The quantitative estimate of drug-likeness (QED) is 0.579.